The number of imidazole rings is 1. The van der Waals surface area contributed by atoms with Crippen molar-refractivity contribution in [3.63, 3.8) is 0 Å². The highest BCUT2D eigenvalue weighted by Gasteiger charge is 2.31. The van der Waals surface area contributed by atoms with Gasteiger partial charge in [-0.3, -0.25) is 24.0 Å². The zero-order chi connectivity index (χ0) is 18.7. The van der Waals surface area contributed by atoms with Crippen molar-refractivity contribution >= 4 is 38.8 Å². The van der Waals surface area contributed by atoms with E-state index < -0.39 is 11.9 Å². The Kier molecular flexibility index (Phi) is 5.96. The number of piperidine rings is 1. The molecule has 7 heteroatoms. The number of carbonyl (C=O) groups is 2. The molecule has 1 aliphatic rings. The molecule has 140 valence electrons. The van der Waals surface area contributed by atoms with Crippen LogP contribution in [-0.2, 0) is 23.1 Å². The van der Waals surface area contributed by atoms with E-state index in [1.165, 1.54) is 29.4 Å². The smallest absolute Gasteiger partial charge is 0.295 e. The van der Waals surface area contributed by atoms with Gasteiger partial charge in [0.2, 0.25) is 11.8 Å². The summed E-state index contributed by atoms with van der Waals surface area (Å²) in [7, 11) is 1.73. The summed E-state index contributed by atoms with van der Waals surface area (Å²) in [6, 6.07) is 5.38. The summed E-state index contributed by atoms with van der Waals surface area (Å²) in [5.41, 5.74) is 2.56. The Hall–Kier alpha value is -1.89. The monoisotopic (exact) mass is 421 g/mol. The Morgan fingerprint density at radius 1 is 1.12 bits per heavy atom. The second-order valence-corrected chi connectivity index (χ2v) is 7.65. The molecule has 1 aromatic carbocycles. The number of benzene rings is 1. The molecule has 2 amide bonds. The average Bonchev–Trinajstić information content (AvgIpc) is 2.86. The molecule has 0 radical (unpaired) electrons. The number of imide groups is 1. The fourth-order valence-electron chi connectivity index (χ4n) is 3.57. The van der Waals surface area contributed by atoms with E-state index in [2.05, 4.69) is 21.2 Å². The van der Waals surface area contributed by atoms with E-state index in [1.54, 1.807) is 11.6 Å². The van der Waals surface area contributed by atoms with Crippen molar-refractivity contribution in [2.75, 3.05) is 5.33 Å². The Morgan fingerprint density at radius 2 is 1.88 bits per heavy atom. The van der Waals surface area contributed by atoms with Crippen molar-refractivity contribution in [1.82, 2.24) is 14.5 Å². The van der Waals surface area contributed by atoms with Gasteiger partial charge in [0.15, 0.2) is 0 Å². The normalized spacial score (nSPS) is 17.7. The third-order valence-corrected chi connectivity index (χ3v) is 5.59. The summed E-state index contributed by atoms with van der Waals surface area (Å²) in [6.07, 6.45) is 6.33. The molecule has 1 saturated heterocycles. The van der Waals surface area contributed by atoms with Gasteiger partial charge in [-0.05, 0) is 43.4 Å². The highest BCUT2D eigenvalue weighted by Crippen LogP contribution is 2.24. The Morgan fingerprint density at radius 3 is 2.62 bits per heavy atom. The lowest BCUT2D eigenvalue weighted by molar-refractivity contribution is -0.135. The molecule has 1 aromatic heterocycles. The highest BCUT2D eigenvalue weighted by atomic mass is 79.9. The minimum absolute atomic E-state index is 0.219. The molecular formula is C19H24BrN3O3. The van der Waals surface area contributed by atoms with Crippen LogP contribution in [0.3, 0.4) is 0 Å². The largest absolute Gasteiger partial charge is 0.329 e. The van der Waals surface area contributed by atoms with Crippen LogP contribution >= 0.6 is 15.9 Å². The fraction of sp³-hybridized carbons (Fsp3) is 0.526. The second-order valence-electron chi connectivity index (χ2n) is 6.85. The summed E-state index contributed by atoms with van der Waals surface area (Å²) < 4.78 is 3.12. The van der Waals surface area contributed by atoms with Gasteiger partial charge in [-0.15, -0.1) is 0 Å². The van der Waals surface area contributed by atoms with Crippen molar-refractivity contribution in [3.8, 4) is 0 Å². The van der Waals surface area contributed by atoms with Gasteiger partial charge in [0, 0.05) is 18.8 Å². The average molecular weight is 422 g/mol. The van der Waals surface area contributed by atoms with Crippen LogP contribution in [-0.4, -0.2) is 26.3 Å². The van der Waals surface area contributed by atoms with E-state index in [9.17, 15) is 14.4 Å². The first kappa shape index (κ1) is 18.9. The summed E-state index contributed by atoms with van der Waals surface area (Å²) in [4.78, 5) is 36.3. The first-order valence-corrected chi connectivity index (χ1v) is 10.2. The van der Waals surface area contributed by atoms with Crippen molar-refractivity contribution in [2.24, 2.45) is 7.05 Å². The van der Waals surface area contributed by atoms with Crippen LogP contribution in [0.5, 0.6) is 0 Å². The number of hydrogen-bond donors (Lipinski definition) is 1. The number of alkyl halides is 1. The van der Waals surface area contributed by atoms with Gasteiger partial charge in [0.05, 0.1) is 11.0 Å². The van der Waals surface area contributed by atoms with Crippen LogP contribution in [0, 0.1) is 0 Å². The van der Waals surface area contributed by atoms with Crippen molar-refractivity contribution in [3.05, 3.63) is 34.2 Å². The Labute approximate surface area is 160 Å². The summed E-state index contributed by atoms with van der Waals surface area (Å²) in [6.45, 7) is 0. The van der Waals surface area contributed by atoms with Crippen LogP contribution in [0.2, 0.25) is 0 Å². The predicted molar refractivity (Wildman–Crippen MR) is 105 cm³/mol. The summed E-state index contributed by atoms with van der Waals surface area (Å²) in [5, 5.41) is 3.39. The number of carbonyl (C=O) groups excluding carboxylic acids is 2. The maximum atomic E-state index is 12.7. The standard InChI is InChI=1S/C19H24BrN3O3/c1-22-16-12-13(6-4-2-3-5-11-20)7-8-14(16)23(19(22)26)15-9-10-17(24)21-18(15)25/h7-8,12,15H,2-6,9-11H2,1H3,(H,21,24,25). The SMILES string of the molecule is Cn1c(=O)n(C2CCC(=O)NC2=O)c2ccc(CCCCCCBr)cc21. The topological polar surface area (TPSA) is 73.1 Å². The van der Waals surface area contributed by atoms with E-state index in [-0.39, 0.29) is 18.0 Å². The molecule has 1 unspecified atom stereocenters. The van der Waals surface area contributed by atoms with Gasteiger partial charge in [-0.25, -0.2) is 4.79 Å². The number of aromatic nitrogens is 2. The van der Waals surface area contributed by atoms with E-state index >= 15 is 0 Å². The molecule has 1 aliphatic heterocycles. The highest BCUT2D eigenvalue weighted by molar-refractivity contribution is 9.09. The molecule has 0 aliphatic carbocycles. The Balaban J connectivity index is 1.85. The lowest BCUT2D eigenvalue weighted by atomic mass is 10.0. The van der Waals surface area contributed by atoms with Gasteiger partial charge in [-0.2, -0.15) is 0 Å². The lowest BCUT2D eigenvalue weighted by Crippen LogP contribution is -2.44. The van der Waals surface area contributed by atoms with Crippen LogP contribution in [0.1, 0.15) is 50.1 Å². The molecule has 0 spiro atoms. The zero-order valence-electron chi connectivity index (χ0n) is 15.0. The third-order valence-electron chi connectivity index (χ3n) is 5.02. The van der Waals surface area contributed by atoms with Crippen molar-refractivity contribution < 1.29 is 9.59 Å². The number of hydrogen-bond acceptors (Lipinski definition) is 3. The van der Waals surface area contributed by atoms with Crippen LogP contribution in [0.25, 0.3) is 11.0 Å². The maximum Gasteiger partial charge on any atom is 0.329 e. The fourth-order valence-corrected chi connectivity index (χ4v) is 3.97. The second kappa shape index (κ2) is 8.20. The predicted octanol–water partition coefficient (Wildman–Crippen LogP) is 2.82. The Bertz CT molecular complexity index is 884. The minimum Gasteiger partial charge on any atom is -0.295 e. The third kappa shape index (κ3) is 3.77. The van der Waals surface area contributed by atoms with Crippen LogP contribution in [0.15, 0.2) is 23.0 Å². The zero-order valence-corrected chi connectivity index (χ0v) is 16.5. The van der Waals surface area contributed by atoms with E-state index in [4.69, 9.17) is 0 Å². The first-order valence-electron chi connectivity index (χ1n) is 9.12. The van der Waals surface area contributed by atoms with Crippen molar-refractivity contribution in [2.45, 2.75) is 51.0 Å². The van der Waals surface area contributed by atoms with Gasteiger partial charge in [0.1, 0.15) is 6.04 Å². The number of aryl methyl sites for hydroxylation is 2. The van der Waals surface area contributed by atoms with Crippen molar-refractivity contribution in [1.29, 1.82) is 0 Å². The van der Waals surface area contributed by atoms with Crippen LogP contribution in [0.4, 0.5) is 0 Å². The molecule has 6 nitrogen and oxygen atoms in total. The quantitative estimate of drug-likeness (QED) is 0.424. The number of nitrogens with zero attached hydrogens (tertiary/aromatic N) is 2. The molecule has 1 fully saturated rings. The number of halogens is 1. The summed E-state index contributed by atoms with van der Waals surface area (Å²) >= 11 is 3.45. The van der Waals surface area contributed by atoms with E-state index in [0.29, 0.717) is 6.42 Å². The van der Waals surface area contributed by atoms with E-state index in [1.807, 2.05) is 18.2 Å². The number of fused-ring (bicyclic) bond motifs is 1. The number of nitrogens with one attached hydrogen (secondary N) is 1. The number of unbranched alkanes of at least 4 members (excludes halogenated alkanes) is 3. The summed E-state index contributed by atoms with van der Waals surface area (Å²) in [5.74, 6) is -0.673. The number of rotatable bonds is 7. The molecule has 1 atom stereocenters. The van der Waals surface area contributed by atoms with Gasteiger partial charge in [0.25, 0.3) is 0 Å². The molecule has 26 heavy (non-hydrogen) atoms. The molecule has 2 aromatic rings. The first-order chi connectivity index (χ1) is 12.5. The molecule has 3 rings (SSSR count). The molecule has 1 N–H and O–H groups in total. The van der Waals surface area contributed by atoms with Gasteiger partial charge in [-0.1, -0.05) is 34.8 Å². The minimum atomic E-state index is -0.626. The number of amides is 2. The molecule has 0 saturated carbocycles. The van der Waals surface area contributed by atoms with Crippen LogP contribution < -0.4 is 11.0 Å². The molecular weight excluding hydrogens is 398 g/mol. The van der Waals surface area contributed by atoms with Gasteiger partial charge < -0.3 is 0 Å². The van der Waals surface area contributed by atoms with E-state index in [0.717, 1.165) is 29.2 Å². The lowest BCUT2D eigenvalue weighted by Gasteiger charge is -2.21. The van der Waals surface area contributed by atoms with Gasteiger partial charge >= 0.3 is 5.69 Å². The molecule has 0 bridgehead atoms. The maximum absolute atomic E-state index is 12.7. The molecule has 2 heterocycles.